The Morgan fingerprint density at radius 1 is 0.912 bits per heavy atom. The van der Waals surface area contributed by atoms with Crippen molar-refractivity contribution in [3.8, 4) is 11.5 Å². The number of benzene rings is 3. The van der Waals surface area contributed by atoms with Gasteiger partial charge in [0.25, 0.3) is 0 Å². The van der Waals surface area contributed by atoms with E-state index in [0.717, 1.165) is 11.1 Å². The molecule has 34 heavy (non-hydrogen) atoms. The van der Waals surface area contributed by atoms with E-state index < -0.39 is 27.5 Å². The van der Waals surface area contributed by atoms with Gasteiger partial charge in [0, 0.05) is 16.9 Å². The lowest BCUT2D eigenvalue weighted by Gasteiger charge is -2.43. The van der Waals surface area contributed by atoms with Gasteiger partial charge >= 0.3 is 0 Å². The lowest BCUT2D eigenvalue weighted by Crippen LogP contribution is -2.61. The average molecular weight is 484 g/mol. The van der Waals surface area contributed by atoms with Crippen LogP contribution in [0.25, 0.3) is 0 Å². The van der Waals surface area contributed by atoms with E-state index in [9.17, 15) is 4.55 Å². The highest BCUT2D eigenvalue weighted by Gasteiger charge is 2.49. The quantitative estimate of drug-likeness (QED) is 0.421. The maximum Gasteiger partial charge on any atom is 0.207 e. The number of hydrogen-bond donors (Lipinski definition) is 1. The first-order chi connectivity index (χ1) is 16.3. The average Bonchev–Trinajstić information content (AvgIpc) is 2.80. The van der Waals surface area contributed by atoms with Crippen LogP contribution in [-0.2, 0) is 34.9 Å². The van der Waals surface area contributed by atoms with E-state index in [4.69, 9.17) is 14.2 Å². The molecule has 0 amide bonds. The highest BCUT2D eigenvalue weighted by atomic mass is 32.2. The third-order valence-corrected chi connectivity index (χ3v) is 7.27. The monoisotopic (exact) mass is 483 g/mol. The summed E-state index contributed by atoms with van der Waals surface area (Å²) in [5, 5.41) is 0. The molecular formula is C27H30FNO4S. The minimum atomic E-state index is -1.38. The summed E-state index contributed by atoms with van der Waals surface area (Å²) >= 11 is -1.38. The largest absolute Gasteiger partial charge is 0.598 e. The minimum absolute atomic E-state index is 0.0797. The zero-order valence-corrected chi connectivity index (χ0v) is 20.5. The molecule has 7 heteroatoms. The summed E-state index contributed by atoms with van der Waals surface area (Å²) in [6, 6.07) is 22.5. The minimum Gasteiger partial charge on any atom is -0.598 e. The van der Waals surface area contributed by atoms with Crippen molar-refractivity contribution in [1.82, 2.24) is 4.72 Å². The van der Waals surface area contributed by atoms with Gasteiger partial charge in [0.1, 0.15) is 23.5 Å². The van der Waals surface area contributed by atoms with Gasteiger partial charge in [0.05, 0.1) is 13.2 Å². The van der Waals surface area contributed by atoms with Crippen LogP contribution in [0.1, 0.15) is 37.5 Å². The number of rotatable bonds is 9. The van der Waals surface area contributed by atoms with Crippen molar-refractivity contribution < 1.29 is 23.2 Å². The molecule has 1 atom stereocenters. The van der Waals surface area contributed by atoms with E-state index in [2.05, 4.69) is 4.72 Å². The van der Waals surface area contributed by atoms with Crippen LogP contribution in [0.2, 0.25) is 0 Å². The van der Waals surface area contributed by atoms with Gasteiger partial charge in [-0.05, 0) is 44.0 Å². The second kappa shape index (κ2) is 10.4. The topological polar surface area (TPSA) is 62.8 Å². The molecule has 0 radical (unpaired) electrons. The molecule has 0 bridgehead atoms. The summed E-state index contributed by atoms with van der Waals surface area (Å²) in [4.78, 5) is 0. The van der Waals surface area contributed by atoms with Gasteiger partial charge in [0.2, 0.25) is 5.82 Å². The van der Waals surface area contributed by atoms with Crippen molar-refractivity contribution in [2.24, 2.45) is 0 Å². The van der Waals surface area contributed by atoms with Gasteiger partial charge in [-0.3, -0.25) is 0 Å². The molecule has 5 nitrogen and oxygen atoms in total. The van der Waals surface area contributed by atoms with Crippen molar-refractivity contribution in [2.45, 2.75) is 44.3 Å². The molecule has 3 aromatic carbocycles. The Morgan fingerprint density at radius 3 is 1.97 bits per heavy atom. The Balaban J connectivity index is 1.66. The molecule has 4 rings (SSSR count). The van der Waals surface area contributed by atoms with Gasteiger partial charge < -0.3 is 18.8 Å². The summed E-state index contributed by atoms with van der Waals surface area (Å²) in [5.41, 5.74) is 1.59. The molecule has 1 fully saturated rings. The first-order valence-corrected chi connectivity index (χ1v) is 12.4. The predicted octanol–water partition coefficient (Wildman–Crippen LogP) is 5.26. The third kappa shape index (κ3) is 5.55. The maximum absolute atomic E-state index is 15.8. The van der Waals surface area contributed by atoms with Gasteiger partial charge in [-0.15, -0.1) is 4.72 Å². The Kier molecular flexibility index (Phi) is 7.48. The normalized spacial score (nSPS) is 15.9. The van der Waals surface area contributed by atoms with Gasteiger partial charge in [-0.2, -0.15) is 4.39 Å². The fourth-order valence-electron chi connectivity index (χ4n) is 3.54. The van der Waals surface area contributed by atoms with Crippen LogP contribution in [0, 0.1) is 5.82 Å². The van der Waals surface area contributed by atoms with Crippen molar-refractivity contribution >= 4 is 11.4 Å². The highest BCUT2D eigenvalue weighted by molar-refractivity contribution is 7.90. The van der Waals surface area contributed by atoms with Gasteiger partial charge in [0.15, 0.2) is 11.5 Å². The van der Waals surface area contributed by atoms with Crippen molar-refractivity contribution in [3.63, 3.8) is 0 Å². The molecule has 1 heterocycles. The molecule has 0 aromatic heterocycles. The lowest BCUT2D eigenvalue weighted by molar-refractivity contribution is -0.0680. The van der Waals surface area contributed by atoms with Crippen LogP contribution in [0.3, 0.4) is 0 Å². The van der Waals surface area contributed by atoms with Crippen LogP contribution in [0.4, 0.5) is 4.39 Å². The Bertz CT molecular complexity index is 1090. The summed E-state index contributed by atoms with van der Waals surface area (Å²) in [7, 11) is 0. The fourth-order valence-corrected chi connectivity index (χ4v) is 4.43. The van der Waals surface area contributed by atoms with Crippen LogP contribution in [-0.4, -0.2) is 22.5 Å². The van der Waals surface area contributed by atoms with E-state index in [-0.39, 0.29) is 37.9 Å². The highest BCUT2D eigenvalue weighted by Crippen LogP contribution is 2.42. The van der Waals surface area contributed by atoms with Crippen molar-refractivity contribution in [1.29, 1.82) is 0 Å². The zero-order chi connectivity index (χ0) is 24.2. The van der Waals surface area contributed by atoms with Crippen LogP contribution in [0.5, 0.6) is 11.5 Å². The summed E-state index contributed by atoms with van der Waals surface area (Å²) < 4.78 is 48.8. The molecule has 0 saturated carbocycles. The van der Waals surface area contributed by atoms with E-state index in [1.54, 1.807) is 12.1 Å². The summed E-state index contributed by atoms with van der Waals surface area (Å²) in [6.07, 6.45) is 0. The third-order valence-electron chi connectivity index (χ3n) is 5.58. The second-order valence-corrected chi connectivity index (χ2v) is 11.3. The Labute approximate surface area is 203 Å². The van der Waals surface area contributed by atoms with Crippen LogP contribution >= 0.6 is 0 Å². The smallest absolute Gasteiger partial charge is 0.207 e. The number of ether oxygens (including phenoxy) is 3. The molecule has 1 unspecified atom stereocenters. The molecule has 180 valence electrons. The van der Waals surface area contributed by atoms with Crippen LogP contribution < -0.4 is 14.2 Å². The first-order valence-electron chi connectivity index (χ1n) is 11.2. The van der Waals surface area contributed by atoms with Crippen molar-refractivity contribution in [3.05, 3.63) is 95.3 Å². The second-order valence-electron chi connectivity index (χ2n) is 9.36. The molecular weight excluding hydrogens is 453 g/mol. The molecule has 1 aliphatic rings. The molecule has 1 aliphatic heterocycles. The molecule has 1 N–H and O–H groups in total. The lowest BCUT2D eigenvalue weighted by atomic mass is 9.88. The molecule has 0 spiro atoms. The SMILES string of the molecule is CC(C)(C)[S+]([O-])NC1(c2ccc(OCc3ccccc3)c(F)c2OCc2ccccc2)COC1. The number of hydrogen-bond acceptors (Lipinski definition) is 5. The standard InChI is InChI=1S/C27H30FNO4S/c1-26(2,3)34(30)29-27(18-31-19-27)22-14-15-23(32-16-20-10-6-4-7-11-20)24(28)25(22)33-17-21-12-8-5-9-13-21/h4-15,29H,16-19H2,1-3H3. The Hall–Kier alpha value is -2.58. The van der Waals surface area contributed by atoms with Gasteiger partial charge in [-0.1, -0.05) is 60.7 Å². The molecule has 0 aliphatic carbocycles. The van der Waals surface area contributed by atoms with Crippen molar-refractivity contribution in [2.75, 3.05) is 13.2 Å². The maximum atomic E-state index is 15.8. The first kappa shape index (κ1) is 24.5. The molecule has 1 saturated heterocycles. The molecule has 3 aromatic rings. The summed E-state index contributed by atoms with van der Waals surface area (Å²) in [6.45, 7) is 6.61. The number of nitrogens with one attached hydrogen (secondary N) is 1. The Morgan fingerprint density at radius 2 is 1.47 bits per heavy atom. The van der Waals surface area contributed by atoms with Crippen LogP contribution in [0.15, 0.2) is 72.8 Å². The summed E-state index contributed by atoms with van der Waals surface area (Å²) in [5.74, 6) is -0.405. The zero-order valence-electron chi connectivity index (χ0n) is 19.7. The fraction of sp³-hybridized carbons (Fsp3) is 0.333. The van der Waals surface area contributed by atoms with E-state index >= 15 is 4.39 Å². The van der Waals surface area contributed by atoms with E-state index in [0.29, 0.717) is 5.56 Å². The predicted molar refractivity (Wildman–Crippen MR) is 131 cm³/mol. The van der Waals surface area contributed by atoms with Gasteiger partial charge in [-0.25, -0.2) is 0 Å². The van der Waals surface area contributed by atoms with E-state index in [1.807, 2.05) is 81.4 Å². The number of halogens is 1. The van der Waals surface area contributed by atoms with E-state index in [1.165, 1.54) is 0 Å².